The molecule has 27 heavy (non-hydrogen) atoms. The highest BCUT2D eigenvalue weighted by Crippen LogP contribution is 2.34. The lowest BCUT2D eigenvalue weighted by Gasteiger charge is -2.20. The fourth-order valence-electron chi connectivity index (χ4n) is 2.95. The van der Waals surface area contributed by atoms with E-state index in [1.807, 2.05) is 48.5 Å². The maximum atomic E-state index is 12.7. The van der Waals surface area contributed by atoms with Gasteiger partial charge < -0.3 is 4.90 Å². The quantitative estimate of drug-likeness (QED) is 0.548. The fourth-order valence-corrected chi connectivity index (χ4v) is 4.20. The minimum Gasteiger partial charge on any atom is -0.372 e. The van der Waals surface area contributed by atoms with Crippen molar-refractivity contribution in [2.75, 3.05) is 18.0 Å². The van der Waals surface area contributed by atoms with Crippen LogP contribution in [0.25, 0.3) is 6.08 Å². The van der Waals surface area contributed by atoms with Crippen LogP contribution in [0.4, 0.5) is 10.5 Å². The number of imide groups is 1. The average Bonchev–Trinajstić information content (AvgIpc) is 2.93. The van der Waals surface area contributed by atoms with Crippen LogP contribution in [0.3, 0.4) is 0 Å². The van der Waals surface area contributed by atoms with E-state index in [2.05, 4.69) is 34.7 Å². The number of carbonyl (C=O) groups is 2. The van der Waals surface area contributed by atoms with Crippen LogP contribution in [0.5, 0.6) is 0 Å². The number of benzene rings is 2. The molecule has 2 aromatic rings. The molecule has 6 heteroatoms. The van der Waals surface area contributed by atoms with Gasteiger partial charge in [-0.05, 0) is 61.0 Å². The van der Waals surface area contributed by atoms with Gasteiger partial charge in [0.25, 0.3) is 11.1 Å². The van der Waals surface area contributed by atoms with Crippen LogP contribution in [0.15, 0.2) is 57.9 Å². The first kappa shape index (κ1) is 19.7. The summed E-state index contributed by atoms with van der Waals surface area (Å²) in [5.74, 6) is -0.242. The Balaban J connectivity index is 1.77. The first-order chi connectivity index (χ1) is 13.0. The van der Waals surface area contributed by atoms with Gasteiger partial charge in [-0.25, -0.2) is 0 Å². The van der Waals surface area contributed by atoms with Crippen LogP contribution in [0.1, 0.15) is 25.0 Å². The van der Waals surface area contributed by atoms with Gasteiger partial charge in [0.2, 0.25) is 0 Å². The summed E-state index contributed by atoms with van der Waals surface area (Å²) in [7, 11) is 0. The molecule has 0 radical (unpaired) electrons. The molecule has 1 aliphatic rings. The molecule has 0 atom stereocenters. The third-order valence-electron chi connectivity index (χ3n) is 4.48. The molecule has 140 valence electrons. The molecule has 0 unspecified atom stereocenters. The third-order valence-corrected chi connectivity index (χ3v) is 6.16. The van der Waals surface area contributed by atoms with Gasteiger partial charge in [-0.3, -0.25) is 14.5 Å². The molecule has 4 nitrogen and oxygen atoms in total. The molecular weight excluding hydrogens is 424 g/mol. The van der Waals surface area contributed by atoms with Gasteiger partial charge in [-0.15, -0.1) is 0 Å². The summed E-state index contributed by atoms with van der Waals surface area (Å²) in [5.41, 5.74) is 2.97. The number of thioether (sulfide) groups is 1. The van der Waals surface area contributed by atoms with E-state index >= 15 is 0 Å². The summed E-state index contributed by atoms with van der Waals surface area (Å²) < 4.78 is 0.889. The Morgan fingerprint density at radius 2 is 1.70 bits per heavy atom. The van der Waals surface area contributed by atoms with Crippen molar-refractivity contribution in [3.8, 4) is 0 Å². The zero-order valence-electron chi connectivity index (χ0n) is 15.3. The van der Waals surface area contributed by atoms with E-state index < -0.39 is 0 Å². The predicted octanol–water partition coefficient (Wildman–Crippen LogP) is 5.53. The zero-order chi connectivity index (χ0) is 19.4. The smallest absolute Gasteiger partial charge is 0.293 e. The highest BCUT2D eigenvalue weighted by molar-refractivity contribution is 9.10. The maximum Gasteiger partial charge on any atom is 0.293 e. The summed E-state index contributed by atoms with van der Waals surface area (Å²) in [6, 6.07) is 15.7. The number of hydrogen-bond acceptors (Lipinski definition) is 4. The van der Waals surface area contributed by atoms with Crippen molar-refractivity contribution in [3.05, 3.63) is 69.0 Å². The van der Waals surface area contributed by atoms with Crippen molar-refractivity contribution in [1.29, 1.82) is 0 Å². The van der Waals surface area contributed by atoms with Gasteiger partial charge >= 0.3 is 0 Å². The SMILES string of the molecule is CCN(CC)c1ccc(/C=C2/SC(=O)N(Cc3ccccc3Br)C2=O)cc1. The number of hydrogen-bond donors (Lipinski definition) is 0. The van der Waals surface area contributed by atoms with Crippen molar-refractivity contribution in [2.45, 2.75) is 20.4 Å². The highest BCUT2D eigenvalue weighted by Gasteiger charge is 2.35. The van der Waals surface area contributed by atoms with Gasteiger partial charge in [0.05, 0.1) is 11.4 Å². The van der Waals surface area contributed by atoms with E-state index in [1.165, 1.54) is 4.90 Å². The van der Waals surface area contributed by atoms with Gasteiger partial charge in [0.1, 0.15) is 0 Å². The van der Waals surface area contributed by atoms with Crippen LogP contribution >= 0.6 is 27.7 Å². The topological polar surface area (TPSA) is 40.6 Å². The zero-order valence-corrected chi connectivity index (χ0v) is 17.7. The first-order valence-corrected chi connectivity index (χ1v) is 10.5. The Bertz CT molecular complexity index is 876. The number of rotatable bonds is 6. The van der Waals surface area contributed by atoms with E-state index in [4.69, 9.17) is 0 Å². The molecule has 0 N–H and O–H groups in total. The molecule has 0 aromatic heterocycles. The second-order valence-corrected chi connectivity index (χ2v) is 7.97. The second kappa shape index (κ2) is 8.76. The Hall–Kier alpha value is -2.05. The summed E-state index contributed by atoms with van der Waals surface area (Å²) in [5, 5.41) is -0.234. The van der Waals surface area contributed by atoms with Crippen LogP contribution in [0.2, 0.25) is 0 Å². The van der Waals surface area contributed by atoms with Gasteiger partial charge in [-0.1, -0.05) is 46.3 Å². The lowest BCUT2D eigenvalue weighted by Crippen LogP contribution is -2.27. The van der Waals surface area contributed by atoms with E-state index in [9.17, 15) is 9.59 Å². The fraction of sp³-hybridized carbons (Fsp3) is 0.238. The molecule has 1 aliphatic heterocycles. The van der Waals surface area contributed by atoms with Crippen LogP contribution in [-0.4, -0.2) is 29.1 Å². The summed E-state index contributed by atoms with van der Waals surface area (Å²) in [6.45, 7) is 6.41. The average molecular weight is 445 g/mol. The van der Waals surface area contributed by atoms with Gasteiger partial charge in [0.15, 0.2) is 0 Å². The Kier molecular flexibility index (Phi) is 6.39. The molecule has 2 aromatic carbocycles. The molecule has 1 saturated heterocycles. The third kappa shape index (κ3) is 4.45. The molecule has 0 bridgehead atoms. The number of amides is 2. The lowest BCUT2D eigenvalue weighted by atomic mass is 10.1. The molecule has 0 aliphatic carbocycles. The van der Waals surface area contributed by atoms with Crippen LogP contribution < -0.4 is 4.90 Å². The Morgan fingerprint density at radius 3 is 2.33 bits per heavy atom. The van der Waals surface area contributed by atoms with Gasteiger partial charge in [-0.2, -0.15) is 0 Å². The number of anilines is 1. The van der Waals surface area contributed by atoms with E-state index in [1.54, 1.807) is 6.08 Å². The standard InChI is InChI=1S/C21H21BrN2O2S/c1-3-23(4-2)17-11-9-15(10-12-17)13-19-20(25)24(21(26)27-19)14-16-7-5-6-8-18(16)22/h5-13H,3-4,14H2,1-2H3/b19-13+. The monoisotopic (exact) mass is 444 g/mol. The van der Waals surface area contributed by atoms with Crippen molar-refractivity contribution in [3.63, 3.8) is 0 Å². The Labute approximate surface area is 172 Å². The first-order valence-electron chi connectivity index (χ1n) is 8.87. The summed E-state index contributed by atoms with van der Waals surface area (Å²) in [4.78, 5) is 29.0. The van der Waals surface area contributed by atoms with Crippen LogP contribution in [0, 0.1) is 0 Å². The van der Waals surface area contributed by atoms with E-state index in [0.717, 1.165) is 46.1 Å². The molecule has 1 fully saturated rings. The molecule has 2 amide bonds. The second-order valence-electron chi connectivity index (χ2n) is 6.12. The maximum absolute atomic E-state index is 12.7. The lowest BCUT2D eigenvalue weighted by molar-refractivity contribution is -0.123. The number of nitrogens with zero attached hydrogens (tertiary/aromatic N) is 2. The van der Waals surface area contributed by atoms with Crippen molar-refractivity contribution >= 4 is 50.6 Å². The van der Waals surface area contributed by atoms with E-state index in [-0.39, 0.29) is 17.7 Å². The van der Waals surface area contributed by atoms with E-state index in [0.29, 0.717) is 4.91 Å². The van der Waals surface area contributed by atoms with Crippen molar-refractivity contribution in [1.82, 2.24) is 4.90 Å². The minimum absolute atomic E-state index is 0.234. The summed E-state index contributed by atoms with van der Waals surface area (Å²) in [6.07, 6.45) is 1.79. The highest BCUT2D eigenvalue weighted by atomic mass is 79.9. The van der Waals surface area contributed by atoms with Crippen molar-refractivity contribution < 1.29 is 9.59 Å². The predicted molar refractivity (Wildman–Crippen MR) is 116 cm³/mol. The molecule has 3 rings (SSSR count). The Morgan fingerprint density at radius 1 is 1.04 bits per heavy atom. The van der Waals surface area contributed by atoms with Crippen LogP contribution in [-0.2, 0) is 11.3 Å². The molecule has 0 saturated carbocycles. The normalized spacial score (nSPS) is 15.7. The summed E-state index contributed by atoms with van der Waals surface area (Å²) >= 11 is 4.46. The largest absolute Gasteiger partial charge is 0.372 e. The molecular formula is C21H21BrN2O2S. The van der Waals surface area contributed by atoms with Gasteiger partial charge in [0, 0.05) is 23.2 Å². The van der Waals surface area contributed by atoms with Crippen molar-refractivity contribution in [2.24, 2.45) is 0 Å². The molecule has 0 spiro atoms. The minimum atomic E-state index is -0.242. The molecule has 1 heterocycles. The number of carbonyl (C=O) groups excluding carboxylic acids is 2. The number of halogens is 1.